The fourth-order valence-electron chi connectivity index (χ4n) is 2.44. The topological polar surface area (TPSA) is 24.5 Å². The summed E-state index contributed by atoms with van der Waals surface area (Å²) in [7, 11) is 1.79. The van der Waals surface area contributed by atoms with E-state index in [0.29, 0.717) is 12.1 Å². The van der Waals surface area contributed by atoms with Gasteiger partial charge in [-0.1, -0.05) is 0 Å². The van der Waals surface area contributed by atoms with E-state index in [0.717, 1.165) is 25.6 Å². The zero-order chi connectivity index (χ0) is 13.8. The average Bonchev–Trinajstić information content (AvgIpc) is 3.09. The number of methoxy groups -OCH3 is 1. The zero-order valence-electron chi connectivity index (χ0n) is 13.1. The first kappa shape index (κ1) is 15.9. The Labute approximate surface area is 113 Å². The lowest BCUT2D eigenvalue weighted by atomic mass is 10.1. The molecule has 0 bridgehead atoms. The number of hydrogen-bond donors (Lipinski definition) is 1. The van der Waals surface area contributed by atoms with Gasteiger partial charge in [-0.3, -0.25) is 4.90 Å². The first-order chi connectivity index (χ1) is 8.35. The Hall–Kier alpha value is -0.120. The van der Waals surface area contributed by atoms with Gasteiger partial charge in [0.2, 0.25) is 0 Å². The predicted octanol–water partition coefficient (Wildman–Crippen LogP) is 2.51. The van der Waals surface area contributed by atoms with Crippen molar-refractivity contribution < 1.29 is 4.74 Å². The van der Waals surface area contributed by atoms with Gasteiger partial charge in [-0.05, 0) is 53.4 Å². The standard InChI is InChI=1S/C15H32N2O/c1-12(11-16-15(3,4)5)17(9-10-18-6)13(2)14-7-8-14/h12-14,16H,7-11H2,1-6H3. The number of rotatable bonds is 8. The predicted molar refractivity (Wildman–Crippen MR) is 78.0 cm³/mol. The van der Waals surface area contributed by atoms with Crippen molar-refractivity contribution in [1.29, 1.82) is 0 Å². The molecule has 0 aromatic rings. The van der Waals surface area contributed by atoms with E-state index in [9.17, 15) is 0 Å². The highest BCUT2D eigenvalue weighted by molar-refractivity contribution is 4.88. The summed E-state index contributed by atoms with van der Waals surface area (Å²) in [5, 5.41) is 3.61. The Kier molecular flexibility index (Phi) is 6.09. The molecule has 0 aliphatic heterocycles. The summed E-state index contributed by atoms with van der Waals surface area (Å²) in [4.78, 5) is 2.61. The van der Waals surface area contributed by atoms with Crippen molar-refractivity contribution >= 4 is 0 Å². The van der Waals surface area contributed by atoms with Crippen molar-refractivity contribution in [2.24, 2.45) is 5.92 Å². The Balaban J connectivity index is 2.46. The van der Waals surface area contributed by atoms with E-state index in [1.807, 2.05) is 0 Å². The van der Waals surface area contributed by atoms with Crippen LogP contribution in [0.2, 0.25) is 0 Å². The monoisotopic (exact) mass is 256 g/mol. The molecule has 3 heteroatoms. The van der Waals surface area contributed by atoms with E-state index in [1.165, 1.54) is 12.8 Å². The van der Waals surface area contributed by atoms with Crippen LogP contribution in [-0.2, 0) is 4.74 Å². The molecule has 0 aromatic carbocycles. The summed E-state index contributed by atoms with van der Waals surface area (Å²) >= 11 is 0. The molecular formula is C15H32N2O. The van der Waals surface area contributed by atoms with Gasteiger partial charge in [-0.15, -0.1) is 0 Å². The molecule has 3 nitrogen and oxygen atoms in total. The molecule has 2 atom stereocenters. The molecule has 1 fully saturated rings. The molecule has 0 saturated heterocycles. The smallest absolute Gasteiger partial charge is 0.0589 e. The largest absolute Gasteiger partial charge is 0.383 e. The van der Waals surface area contributed by atoms with Crippen LogP contribution in [0, 0.1) is 5.92 Å². The number of nitrogens with one attached hydrogen (secondary N) is 1. The maximum atomic E-state index is 5.26. The highest BCUT2D eigenvalue weighted by Gasteiger charge is 2.33. The lowest BCUT2D eigenvalue weighted by Crippen LogP contribution is -2.50. The Morgan fingerprint density at radius 3 is 2.33 bits per heavy atom. The molecule has 0 amide bonds. The molecule has 0 radical (unpaired) electrons. The van der Waals surface area contributed by atoms with Crippen LogP contribution in [0.4, 0.5) is 0 Å². The Morgan fingerprint density at radius 2 is 1.89 bits per heavy atom. The quantitative estimate of drug-likeness (QED) is 0.722. The summed E-state index contributed by atoms with van der Waals surface area (Å²) in [6.45, 7) is 14.3. The van der Waals surface area contributed by atoms with Gasteiger partial charge in [0.25, 0.3) is 0 Å². The van der Waals surface area contributed by atoms with Gasteiger partial charge in [-0.25, -0.2) is 0 Å². The van der Waals surface area contributed by atoms with Crippen molar-refractivity contribution in [1.82, 2.24) is 10.2 Å². The Bertz CT molecular complexity index is 233. The van der Waals surface area contributed by atoms with Crippen LogP contribution < -0.4 is 5.32 Å². The third-order valence-corrected chi connectivity index (χ3v) is 3.87. The van der Waals surface area contributed by atoms with Gasteiger partial charge in [0.15, 0.2) is 0 Å². The van der Waals surface area contributed by atoms with Gasteiger partial charge in [0.1, 0.15) is 0 Å². The lowest BCUT2D eigenvalue weighted by Gasteiger charge is -2.36. The van der Waals surface area contributed by atoms with E-state index in [-0.39, 0.29) is 5.54 Å². The molecule has 18 heavy (non-hydrogen) atoms. The van der Waals surface area contributed by atoms with Gasteiger partial charge < -0.3 is 10.1 Å². The molecule has 1 rings (SSSR count). The SMILES string of the molecule is COCCN(C(C)CNC(C)(C)C)C(C)C1CC1. The van der Waals surface area contributed by atoms with Crippen molar-refractivity contribution in [2.75, 3.05) is 26.8 Å². The van der Waals surface area contributed by atoms with Crippen LogP contribution in [0.3, 0.4) is 0 Å². The van der Waals surface area contributed by atoms with Crippen molar-refractivity contribution in [3.63, 3.8) is 0 Å². The van der Waals surface area contributed by atoms with Crippen LogP contribution in [0.25, 0.3) is 0 Å². The minimum Gasteiger partial charge on any atom is -0.383 e. The molecule has 1 aliphatic carbocycles. The normalized spacial score (nSPS) is 20.2. The fourth-order valence-corrected chi connectivity index (χ4v) is 2.44. The van der Waals surface area contributed by atoms with Gasteiger partial charge >= 0.3 is 0 Å². The fraction of sp³-hybridized carbons (Fsp3) is 1.00. The second-order valence-corrected chi connectivity index (χ2v) is 6.79. The van der Waals surface area contributed by atoms with E-state index >= 15 is 0 Å². The first-order valence-electron chi connectivity index (χ1n) is 7.35. The highest BCUT2D eigenvalue weighted by Crippen LogP contribution is 2.35. The van der Waals surface area contributed by atoms with E-state index in [4.69, 9.17) is 4.74 Å². The molecule has 0 heterocycles. The number of hydrogen-bond acceptors (Lipinski definition) is 3. The van der Waals surface area contributed by atoms with Crippen molar-refractivity contribution in [2.45, 2.75) is 65.1 Å². The summed E-state index contributed by atoms with van der Waals surface area (Å²) in [6, 6.07) is 1.26. The maximum Gasteiger partial charge on any atom is 0.0589 e. The van der Waals surface area contributed by atoms with Crippen LogP contribution in [0.5, 0.6) is 0 Å². The molecule has 1 N–H and O–H groups in total. The lowest BCUT2D eigenvalue weighted by molar-refractivity contribution is 0.0843. The van der Waals surface area contributed by atoms with E-state index in [1.54, 1.807) is 7.11 Å². The van der Waals surface area contributed by atoms with Crippen molar-refractivity contribution in [3.8, 4) is 0 Å². The van der Waals surface area contributed by atoms with E-state index < -0.39 is 0 Å². The molecule has 108 valence electrons. The molecule has 1 aliphatic rings. The van der Waals surface area contributed by atoms with Crippen LogP contribution in [0.15, 0.2) is 0 Å². The van der Waals surface area contributed by atoms with Crippen LogP contribution >= 0.6 is 0 Å². The van der Waals surface area contributed by atoms with Gasteiger partial charge in [0, 0.05) is 37.8 Å². The van der Waals surface area contributed by atoms with Crippen molar-refractivity contribution in [3.05, 3.63) is 0 Å². The first-order valence-corrected chi connectivity index (χ1v) is 7.35. The summed E-state index contributed by atoms with van der Waals surface area (Å²) in [5.41, 5.74) is 0.198. The van der Waals surface area contributed by atoms with E-state index in [2.05, 4.69) is 44.8 Å². The molecule has 0 aromatic heterocycles. The molecular weight excluding hydrogens is 224 g/mol. The molecule has 1 saturated carbocycles. The van der Waals surface area contributed by atoms with Gasteiger partial charge in [0.05, 0.1) is 6.61 Å². The summed E-state index contributed by atoms with van der Waals surface area (Å²) < 4.78 is 5.26. The second kappa shape index (κ2) is 6.88. The third kappa shape index (κ3) is 5.68. The second-order valence-electron chi connectivity index (χ2n) is 6.79. The summed E-state index contributed by atoms with van der Waals surface area (Å²) in [6.07, 6.45) is 2.81. The molecule has 2 unspecified atom stereocenters. The Morgan fingerprint density at radius 1 is 1.28 bits per heavy atom. The number of ether oxygens (including phenoxy) is 1. The van der Waals surface area contributed by atoms with Gasteiger partial charge in [-0.2, -0.15) is 0 Å². The minimum atomic E-state index is 0.198. The zero-order valence-corrected chi connectivity index (χ0v) is 13.1. The third-order valence-electron chi connectivity index (χ3n) is 3.87. The van der Waals surface area contributed by atoms with Crippen LogP contribution in [-0.4, -0.2) is 49.3 Å². The summed E-state index contributed by atoms with van der Waals surface area (Å²) in [5.74, 6) is 0.916. The minimum absolute atomic E-state index is 0.198. The molecule has 0 spiro atoms. The maximum absolute atomic E-state index is 5.26. The average molecular weight is 256 g/mol. The highest BCUT2D eigenvalue weighted by atomic mass is 16.5. The number of nitrogens with zero attached hydrogens (tertiary/aromatic N) is 1. The van der Waals surface area contributed by atoms with Crippen LogP contribution in [0.1, 0.15) is 47.5 Å².